The highest BCUT2D eigenvalue weighted by Crippen LogP contribution is 2.21. The molecule has 1 aliphatic heterocycles. The van der Waals surface area contributed by atoms with Crippen LogP contribution in [0.5, 0.6) is 0 Å². The molecule has 1 aliphatic rings. The van der Waals surface area contributed by atoms with E-state index in [4.69, 9.17) is 0 Å². The zero-order chi connectivity index (χ0) is 14.5. The van der Waals surface area contributed by atoms with Gasteiger partial charge in [-0.05, 0) is 25.1 Å². The first-order chi connectivity index (χ1) is 9.58. The van der Waals surface area contributed by atoms with Gasteiger partial charge in [-0.2, -0.15) is 0 Å². The summed E-state index contributed by atoms with van der Waals surface area (Å²) in [5.41, 5.74) is 0.437. The second kappa shape index (κ2) is 6.79. The van der Waals surface area contributed by atoms with Crippen LogP contribution in [0.4, 0.5) is 8.78 Å². The number of alkyl halides is 2. The molecule has 1 saturated heterocycles. The Hall–Kier alpha value is -1.49. The summed E-state index contributed by atoms with van der Waals surface area (Å²) >= 11 is 0. The van der Waals surface area contributed by atoms with E-state index in [0.29, 0.717) is 12.1 Å². The number of nitrogens with one attached hydrogen (secondary N) is 1. The molecule has 0 aliphatic carbocycles. The highest BCUT2D eigenvalue weighted by atomic mass is 19.3. The normalized spacial score (nSPS) is 18.4. The quantitative estimate of drug-likeness (QED) is 0.869. The SMILES string of the molecule is CC(CN1CCC1)C(=O)N[C@H](c1ccccc1)C(F)F. The first kappa shape index (κ1) is 14.9. The van der Waals surface area contributed by atoms with Crippen molar-refractivity contribution in [2.75, 3.05) is 19.6 Å². The van der Waals surface area contributed by atoms with Crippen LogP contribution in [0, 0.1) is 5.92 Å². The summed E-state index contributed by atoms with van der Waals surface area (Å²) in [7, 11) is 0. The molecule has 1 fully saturated rings. The van der Waals surface area contributed by atoms with Gasteiger partial charge in [0.15, 0.2) is 0 Å². The van der Waals surface area contributed by atoms with Crippen LogP contribution >= 0.6 is 0 Å². The van der Waals surface area contributed by atoms with Gasteiger partial charge in [0.2, 0.25) is 5.91 Å². The van der Waals surface area contributed by atoms with Gasteiger partial charge in [-0.3, -0.25) is 4.79 Å². The summed E-state index contributed by atoms with van der Waals surface area (Å²) in [6.45, 7) is 4.40. The fourth-order valence-electron chi connectivity index (χ4n) is 2.28. The van der Waals surface area contributed by atoms with Crippen molar-refractivity contribution < 1.29 is 13.6 Å². The summed E-state index contributed by atoms with van der Waals surface area (Å²) in [5, 5.41) is 2.47. The number of rotatable bonds is 6. The molecule has 1 N–H and O–H groups in total. The van der Waals surface area contributed by atoms with E-state index >= 15 is 0 Å². The number of nitrogens with zero attached hydrogens (tertiary/aromatic N) is 1. The van der Waals surface area contributed by atoms with Crippen LogP contribution in [0.15, 0.2) is 30.3 Å². The average molecular weight is 282 g/mol. The Bertz CT molecular complexity index is 435. The average Bonchev–Trinajstić information content (AvgIpc) is 2.40. The van der Waals surface area contributed by atoms with Crippen molar-refractivity contribution in [1.29, 1.82) is 0 Å². The first-order valence-electron chi connectivity index (χ1n) is 6.93. The van der Waals surface area contributed by atoms with Gasteiger partial charge < -0.3 is 10.2 Å². The molecule has 0 saturated carbocycles. The number of hydrogen-bond acceptors (Lipinski definition) is 2. The lowest BCUT2D eigenvalue weighted by atomic mass is 10.0. The van der Waals surface area contributed by atoms with E-state index < -0.39 is 12.5 Å². The molecule has 1 aromatic rings. The predicted molar refractivity (Wildman–Crippen MR) is 73.6 cm³/mol. The van der Waals surface area contributed by atoms with E-state index in [0.717, 1.165) is 19.5 Å². The molecule has 20 heavy (non-hydrogen) atoms. The molecule has 1 amide bonds. The number of benzene rings is 1. The molecule has 0 aromatic heterocycles. The fraction of sp³-hybridized carbons (Fsp3) is 0.533. The predicted octanol–water partition coefficient (Wildman–Crippen LogP) is 2.45. The van der Waals surface area contributed by atoms with Crippen molar-refractivity contribution in [3.63, 3.8) is 0 Å². The van der Waals surface area contributed by atoms with Crippen molar-refractivity contribution in [1.82, 2.24) is 10.2 Å². The van der Waals surface area contributed by atoms with E-state index in [9.17, 15) is 13.6 Å². The van der Waals surface area contributed by atoms with Crippen LogP contribution in [0.25, 0.3) is 0 Å². The second-order valence-corrected chi connectivity index (χ2v) is 5.29. The van der Waals surface area contributed by atoms with E-state index in [-0.39, 0.29) is 11.8 Å². The van der Waals surface area contributed by atoms with Crippen LogP contribution in [-0.4, -0.2) is 36.9 Å². The first-order valence-corrected chi connectivity index (χ1v) is 6.93. The monoisotopic (exact) mass is 282 g/mol. The van der Waals surface area contributed by atoms with Gasteiger partial charge >= 0.3 is 0 Å². The third-order valence-electron chi connectivity index (χ3n) is 3.64. The lowest BCUT2D eigenvalue weighted by molar-refractivity contribution is -0.127. The van der Waals surface area contributed by atoms with Gasteiger partial charge in [-0.1, -0.05) is 37.3 Å². The highest BCUT2D eigenvalue weighted by molar-refractivity contribution is 5.79. The van der Waals surface area contributed by atoms with Crippen molar-refractivity contribution in [3.8, 4) is 0 Å². The largest absolute Gasteiger partial charge is 0.343 e. The fourth-order valence-corrected chi connectivity index (χ4v) is 2.28. The minimum atomic E-state index is -2.61. The van der Waals surface area contributed by atoms with E-state index in [1.807, 2.05) is 0 Å². The summed E-state index contributed by atoms with van der Waals surface area (Å²) in [6.07, 6.45) is -1.46. The smallest absolute Gasteiger partial charge is 0.262 e. The molecular weight excluding hydrogens is 262 g/mol. The summed E-state index contributed by atoms with van der Waals surface area (Å²) in [5.74, 6) is -0.591. The van der Waals surface area contributed by atoms with E-state index in [1.54, 1.807) is 37.3 Å². The lowest BCUT2D eigenvalue weighted by Crippen LogP contribution is -2.45. The Balaban J connectivity index is 1.95. The Kier molecular flexibility index (Phi) is 5.06. The number of amides is 1. The van der Waals surface area contributed by atoms with Crippen LogP contribution in [0.3, 0.4) is 0 Å². The molecule has 0 bridgehead atoms. The molecule has 5 heteroatoms. The lowest BCUT2D eigenvalue weighted by Gasteiger charge is -2.33. The summed E-state index contributed by atoms with van der Waals surface area (Å²) < 4.78 is 26.2. The Morgan fingerprint density at radius 2 is 1.95 bits per heavy atom. The van der Waals surface area contributed by atoms with Crippen LogP contribution in [0.2, 0.25) is 0 Å². The molecule has 1 unspecified atom stereocenters. The standard InChI is InChI=1S/C15H20F2N2O/c1-11(10-19-8-5-9-19)15(20)18-13(14(16)17)12-6-3-2-4-7-12/h2-4,6-7,11,13-14H,5,8-10H2,1H3,(H,18,20)/t11?,13-/m1/s1. The zero-order valence-corrected chi connectivity index (χ0v) is 11.6. The second-order valence-electron chi connectivity index (χ2n) is 5.29. The Morgan fingerprint density at radius 1 is 1.30 bits per heavy atom. The number of carbonyl (C=O) groups is 1. The molecular formula is C15H20F2N2O. The van der Waals surface area contributed by atoms with Gasteiger partial charge in [-0.15, -0.1) is 0 Å². The minimum Gasteiger partial charge on any atom is -0.343 e. The van der Waals surface area contributed by atoms with Crippen LogP contribution in [-0.2, 0) is 4.79 Å². The molecule has 0 radical (unpaired) electrons. The maximum Gasteiger partial charge on any atom is 0.262 e. The third kappa shape index (κ3) is 3.76. The third-order valence-corrected chi connectivity index (χ3v) is 3.64. The number of likely N-dealkylation sites (tertiary alicyclic amines) is 1. The van der Waals surface area contributed by atoms with Crippen molar-refractivity contribution in [3.05, 3.63) is 35.9 Å². The van der Waals surface area contributed by atoms with Crippen molar-refractivity contribution >= 4 is 5.91 Å². The van der Waals surface area contributed by atoms with Crippen LogP contribution < -0.4 is 5.32 Å². The summed E-state index contributed by atoms with van der Waals surface area (Å²) in [4.78, 5) is 14.2. The number of halogens is 2. The molecule has 1 heterocycles. The van der Waals surface area contributed by atoms with E-state index in [2.05, 4.69) is 10.2 Å². The topological polar surface area (TPSA) is 32.3 Å². The maximum absolute atomic E-state index is 13.1. The zero-order valence-electron chi connectivity index (χ0n) is 11.6. The van der Waals surface area contributed by atoms with Crippen LogP contribution in [0.1, 0.15) is 24.9 Å². The maximum atomic E-state index is 13.1. The molecule has 3 nitrogen and oxygen atoms in total. The highest BCUT2D eigenvalue weighted by Gasteiger charge is 2.27. The molecule has 110 valence electrons. The van der Waals surface area contributed by atoms with E-state index in [1.165, 1.54) is 0 Å². The van der Waals surface area contributed by atoms with Crippen molar-refractivity contribution in [2.45, 2.75) is 25.8 Å². The summed E-state index contributed by atoms with van der Waals surface area (Å²) in [6, 6.07) is 7.14. The Labute approximate surface area is 118 Å². The van der Waals surface area contributed by atoms with Gasteiger partial charge in [0.05, 0.1) is 0 Å². The molecule has 2 rings (SSSR count). The minimum absolute atomic E-state index is 0.278. The van der Waals surface area contributed by atoms with Gasteiger partial charge in [-0.25, -0.2) is 8.78 Å². The van der Waals surface area contributed by atoms with Crippen molar-refractivity contribution in [2.24, 2.45) is 5.92 Å². The Morgan fingerprint density at radius 3 is 2.45 bits per heavy atom. The van der Waals surface area contributed by atoms with Gasteiger partial charge in [0, 0.05) is 12.5 Å². The molecule has 1 aromatic carbocycles. The number of carbonyl (C=O) groups excluding carboxylic acids is 1. The molecule has 0 spiro atoms. The van der Waals surface area contributed by atoms with Gasteiger partial charge in [0.25, 0.3) is 6.43 Å². The number of hydrogen-bond donors (Lipinski definition) is 1. The molecule has 2 atom stereocenters. The van der Waals surface area contributed by atoms with Gasteiger partial charge in [0.1, 0.15) is 6.04 Å².